The zero-order valence-corrected chi connectivity index (χ0v) is 9.75. The predicted molar refractivity (Wildman–Crippen MR) is 63.8 cm³/mol. The summed E-state index contributed by atoms with van der Waals surface area (Å²) < 4.78 is 5.11. The Kier molecular flexibility index (Phi) is 2.21. The lowest BCUT2D eigenvalue weighted by Crippen LogP contribution is -2.28. The minimum Gasteiger partial charge on any atom is -0.419 e. The van der Waals surface area contributed by atoms with Crippen molar-refractivity contribution in [1.29, 1.82) is 0 Å². The number of rotatable bonds is 1. The number of cyclic esters (lactones) is 1. The van der Waals surface area contributed by atoms with Crippen molar-refractivity contribution in [2.24, 2.45) is 0 Å². The molecule has 1 aromatic carbocycles. The zero-order valence-electron chi connectivity index (χ0n) is 9.75. The largest absolute Gasteiger partial charge is 0.419 e. The minimum atomic E-state index is -1.78. The summed E-state index contributed by atoms with van der Waals surface area (Å²) in [6.45, 7) is 1.82. The molecule has 18 heavy (non-hydrogen) atoms. The van der Waals surface area contributed by atoms with Gasteiger partial charge >= 0.3 is 5.97 Å². The lowest BCUT2D eigenvalue weighted by Gasteiger charge is -2.21. The Bertz CT molecular complexity index is 638. The first-order valence-electron chi connectivity index (χ1n) is 5.60. The quantitative estimate of drug-likeness (QED) is 0.773. The smallest absolute Gasteiger partial charge is 0.341 e. The maximum Gasteiger partial charge on any atom is 0.341 e. The molecule has 0 fully saturated rings. The minimum absolute atomic E-state index is 0.320. The van der Waals surface area contributed by atoms with Crippen molar-refractivity contribution in [3.63, 3.8) is 0 Å². The highest BCUT2D eigenvalue weighted by atomic mass is 16.7. The third-order valence-electron chi connectivity index (χ3n) is 2.99. The van der Waals surface area contributed by atoms with Crippen LogP contribution in [0.2, 0.25) is 0 Å². The van der Waals surface area contributed by atoms with E-state index in [1.165, 1.54) is 0 Å². The number of hydrogen-bond donors (Lipinski definition) is 1. The van der Waals surface area contributed by atoms with Gasteiger partial charge in [0.15, 0.2) is 0 Å². The van der Waals surface area contributed by atoms with Gasteiger partial charge in [0.05, 0.1) is 5.56 Å². The van der Waals surface area contributed by atoms with E-state index in [1.807, 2.05) is 13.0 Å². The third kappa shape index (κ3) is 1.43. The van der Waals surface area contributed by atoms with Gasteiger partial charge in [-0.3, -0.25) is 4.98 Å². The number of carbonyl (C=O) groups excluding carboxylic acids is 1. The Labute approximate surface area is 104 Å². The molecule has 0 amide bonds. The highest BCUT2D eigenvalue weighted by Crippen LogP contribution is 2.38. The van der Waals surface area contributed by atoms with Gasteiger partial charge in [0, 0.05) is 11.3 Å². The van der Waals surface area contributed by atoms with Crippen molar-refractivity contribution < 1.29 is 14.6 Å². The van der Waals surface area contributed by atoms with E-state index in [-0.39, 0.29) is 0 Å². The van der Waals surface area contributed by atoms with E-state index in [0.717, 1.165) is 5.69 Å². The van der Waals surface area contributed by atoms with Crippen LogP contribution in [-0.4, -0.2) is 16.1 Å². The van der Waals surface area contributed by atoms with Gasteiger partial charge in [0.1, 0.15) is 5.69 Å². The van der Waals surface area contributed by atoms with Gasteiger partial charge < -0.3 is 9.84 Å². The fourth-order valence-corrected chi connectivity index (χ4v) is 2.12. The Balaban J connectivity index is 2.21. The molecule has 1 atom stereocenters. The second kappa shape index (κ2) is 3.65. The lowest BCUT2D eigenvalue weighted by atomic mass is 9.99. The maximum atomic E-state index is 11.7. The summed E-state index contributed by atoms with van der Waals surface area (Å²) >= 11 is 0. The van der Waals surface area contributed by atoms with Crippen LogP contribution in [0.1, 0.15) is 27.3 Å². The number of aromatic nitrogens is 1. The van der Waals surface area contributed by atoms with Gasteiger partial charge in [-0.2, -0.15) is 0 Å². The van der Waals surface area contributed by atoms with Gasteiger partial charge in [0.25, 0.3) is 5.79 Å². The summed E-state index contributed by atoms with van der Waals surface area (Å²) in [6.07, 6.45) is 0. The van der Waals surface area contributed by atoms with Gasteiger partial charge in [0.2, 0.25) is 0 Å². The molecule has 0 aliphatic carbocycles. The van der Waals surface area contributed by atoms with Crippen LogP contribution < -0.4 is 0 Å². The highest BCUT2D eigenvalue weighted by molar-refractivity contribution is 5.94. The molecule has 3 rings (SSSR count). The molecule has 1 unspecified atom stereocenters. The number of fused-ring (bicyclic) bond motifs is 1. The molecular weight excluding hydrogens is 230 g/mol. The molecule has 0 radical (unpaired) electrons. The van der Waals surface area contributed by atoms with Crippen LogP contribution in [-0.2, 0) is 10.5 Å². The van der Waals surface area contributed by atoms with Crippen molar-refractivity contribution in [2.45, 2.75) is 12.7 Å². The number of nitrogens with zero attached hydrogens (tertiary/aromatic N) is 1. The van der Waals surface area contributed by atoms with Crippen molar-refractivity contribution in [3.05, 3.63) is 65.0 Å². The molecule has 0 bridgehead atoms. The summed E-state index contributed by atoms with van der Waals surface area (Å²) in [4.78, 5) is 16.0. The second-order valence-corrected chi connectivity index (χ2v) is 4.24. The number of aliphatic hydroxyl groups is 1. The molecule has 2 aromatic rings. The second-order valence-electron chi connectivity index (χ2n) is 4.24. The van der Waals surface area contributed by atoms with Gasteiger partial charge in [-0.05, 0) is 25.1 Å². The molecule has 1 N–H and O–H groups in total. The summed E-state index contributed by atoms with van der Waals surface area (Å²) in [5, 5.41) is 10.6. The van der Waals surface area contributed by atoms with E-state index in [9.17, 15) is 9.90 Å². The monoisotopic (exact) mass is 241 g/mol. The zero-order chi connectivity index (χ0) is 12.8. The SMILES string of the molecule is Cc1cccc(C2(O)OC(=O)c3ccccc32)n1. The molecule has 2 heterocycles. The van der Waals surface area contributed by atoms with Gasteiger partial charge in [-0.1, -0.05) is 24.3 Å². The van der Waals surface area contributed by atoms with Gasteiger partial charge in [-0.15, -0.1) is 0 Å². The van der Waals surface area contributed by atoms with Crippen LogP contribution in [0, 0.1) is 6.92 Å². The Morgan fingerprint density at radius 2 is 1.94 bits per heavy atom. The van der Waals surface area contributed by atoms with Crippen LogP contribution in [0.25, 0.3) is 0 Å². The lowest BCUT2D eigenvalue weighted by molar-refractivity contribution is -0.132. The van der Waals surface area contributed by atoms with E-state index in [2.05, 4.69) is 4.98 Å². The van der Waals surface area contributed by atoms with Gasteiger partial charge in [-0.25, -0.2) is 4.79 Å². The van der Waals surface area contributed by atoms with Crippen molar-refractivity contribution in [1.82, 2.24) is 4.98 Å². The normalized spacial score (nSPS) is 21.6. The molecule has 0 saturated heterocycles. The van der Waals surface area contributed by atoms with E-state index >= 15 is 0 Å². The van der Waals surface area contributed by atoms with Crippen molar-refractivity contribution >= 4 is 5.97 Å². The third-order valence-corrected chi connectivity index (χ3v) is 2.99. The number of aryl methyl sites for hydroxylation is 1. The number of benzene rings is 1. The molecule has 1 aliphatic heterocycles. The molecular formula is C14H11NO3. The van der Waals surface area contributed by atoms with Crippen LogP contribution in [0.3, 0.4) is 0 Å². The van der Waals surface area contributed by atoms with Crippen LogP contribution in [0.5, 0.6) is 0 Å². The Hall–Kier alpha value is -2.20. The average molecular weight is 241 g/mol. The molecule has 4 nitrogen and oxygen atoms in total. The fourth-order valence-electron chi connectivity index (χ4n) is 2.12. The number of carbonyl (C=O) groups is 1. The average Bonchev–Trinajstić information content (AvgIpc) is 2.64. The maximum absolute atomic E-state index is 11.7. The van der Waals surface area contributed by atoms with Crippen LogP contribution in [0.15, 0.2) is 42.5 Å². The highest BCUT2D eigenvalue weighted by Gasteiger charge is 2.46. The molecule has 1 aliphatic rings. The van der Waals surface area contributed by atoms with E-state index in [1.54, 1.807) is 36.4 Å². The van der Waals surface area contributed by atoms with E-state index in [0.29, 0.717) is 16.8 Å². The van der Waals surface area contributed by atoms with E-state index < -0.39 is 11.8 Å². The number of hydrogen-bond acceptors (Lipinski definition) is 4. The Morgan fingerprint density at radius 1 is 1.17 bits per heavy atom. The molecule has 1 aromatic heterocycles. The molecule has 0 saturated carbocycles. The molecule has 0 spiro atoms. The Morgan fingerprint density at radius 3 is 2.72 bits per heavy atom. The standard InChI is InChI=1S/C14H11NO3/c1-9-5-4-8-12(15-9)14(17)11-7-3-2-6-10(11)13(16)18-14/h2-8,17H,1H3. The molecule has 90 valence electrons. The first-order valence-corrected chi connectivity index (χ1v) is 5.60. The number of esters is 1. The summed E-state index contributed by atoms with van der Waals surface area (Å²) in [6, 6.07) is 12.0. The summed E-state index contributed by atoms with van der Waals surface area (Å²) in [5.41, 5.74) is 1.89. The first kappa shape index (κ1) is 10.9. The summed E-state index contributed by atoms with van der Waals surface area (Å²) in [5.74, 6) is -2.31. The van der Waals surface area contributed by atoms with Crippen molar-refractivity contribution in [3.8, 4) is 0 Å². The number of ether oxygens (including phenoxy) is 1. The topological polar surface area (TPSA) is 59.4 Å². The van der Waals surface area contributed by atoms with E-state index in [4.69, 9.17) is 4.74 Å². The number of pyridine rings is 1. The van der Waals surface area contributed by atoms with Crippen LogP contribution >= 0.6 is 0 Å². The van der Waals surface area contributed by atoms with Crippen molar-refractivity contribution in [2.75, 3.05) is 0 Å². The first-order chi connectivity index (χ1) is 8.61. The predicted octanol–water partition coefficient (Wildman–Crippen LogP) is 1.75. The summed E-state index contributed by atoms with van der Waals surface area (Å²) in [7, 11) is 0. The molecule has 4 heteroatoms. The van der Waals surface area contributed by atoms with Crippen LogP contribution in [0.4, 0.5) is 0 Å². The fraction of sp³-hybridized carbons (Fsp3) is 0.143.